The molecule has 3 rings (SSSR count). The van der Waals surface area contributed by atoms with Crippen LogP contribution in [0.15, 0.2) is 6.07 Å². The first-order valence-electron chi connectivity index (χ1n) is 10.9. The number of carbonyl (C=O) groups is 2. The third kappa shape index (κ3) is 6.06. The summed E-state index contributed by atoms with van der Waals surface area (Å²) in [5.41, 5.74) is 0.328. The second-order valence-electron chi connectivity index (χ2n) is 9.33. The van der Waals surface area contributed by atoms with Crippen molar-refractivity contribution in [3.05, 3.63) is 17.6 Å². The molecule has 0 aromatic carbocycles. The lowest BCUT2D eigenvalue weighted by molar-refractivity contribution is -0.139. The molecule has 3 heterocycles. The minimum atomic E-state index is -0.539. The third-order valence-corrected chi connectivity index (χ3v) is 5.34. The van der Waals surface area contributed by atoms with Gasteiger partial charge >= 0.3 is 6.09 Å². The average molecular weight is 419 g/mol. The van der Waals surface area contributed by atoms with Crippen LogP contribution in [0.3, 0.4) is 0 Å². The number of rotatable bonds is 3. The zero-order valence-corrected chi connectivity index (χ0v) is 18.8. The van der Waals surface area contributed by atoms with Crippen LogP contribution in [0.1, 0.15) is 58.0 Å². The predicted molar refractivity (Wildman–Crippen MR) is 112 cm³/mol. The molecule has 1 aromatic heterocycles. The van der Waals surface area contributed by atoms with E-state index < -0.39 is 5.60 Å². The van der Waals surface area contributed by atoms with Crippen molar-refractivity contribution in [3.8, 4) is 5.88 Å². The van der Waals surface area contributed by atoms with Gasteiger partial charge in [-0.2, -0.15) is 4.98 Å². The summed E-state index contributed by atoms with van der Waals surface area (Å²) in [4.78, 5) is 37.8. The lowest BCUT2D eigenvalue weighted by Gasteiger charge is -2.38. The highest BCUT2D eigenvalue weighted by Gasteiger charge is 2.35. The van der Waals surface area contributed by atoms with Gasteiger partial charge in [0.25, 0.3) is 0 Å². The van der Waals surface area contributed by atoms with Gasteiger partial charge in [0.05, 0.1) is 12.5 Å². The number of likely N-dealkylation sites (tertiary alicyclic amines) is 2. The SMILES string of the molecule is Cc1cc(OC2CCCN(C(=O)C3CCCN(C(=O)OC(C)(C)C)C3)C2)nc(C)n1. The summed E-state index contributed by atoms with van der Waals surface area (Å²) >= 11 is 0. The molecular formula is C22H34N4O4. The largest absolute Gasteiger partial charge is 0.472 e. The van der Waals surface area contributed by atoms with Gasteiger partial charge in [0.2, 0.25) is 11.8 Å². The predicted octanol–water partition coefficient (Wildman–Crippen LogP) is 3.11. The van der Waals surface area contributed by atoms with Crippen molar-refractivity contribution in [1.29, 1.82) is 0 Å². The van der Waals surface area contributed by atoms with Crippen LogP contribution in [-0.4, -0.2) is 69.7 Å². The second-order valence-corrected chi connectivity index (χ2v) is 9.33. The summed E-state index contributed by atoms with van der Waals surface area (Å²) in [6.45, 7) is 11.6. The van der Waals surface area contributed by atoms with Gasteiger partial charge in [-0.15, -0.1) is 0 Å². The molecule has 1 aromatic rings. The number of aromatic nitrogens is 2. The van der Waals surface area contributed by atoms with E-state index in [-0.39, 0.29) is 24.0 Å². The van der Waals surface area contributed by atoms with Crippen LogP contribution in [0.2, 0.25) is 0 Å². The number of aryl methyl sites for hydroxylation is 2. The smallest absolute Gasteiger partial charge is 0.410 e. The van der Waals surface area contributed by atoms with E-state index in [1.54, 1.807) is 4.90 Å². The van der Waals surface area contributed by atoms with Crippen molar-refractivity contribution in [2.24, 2.45) is 5.92 Å². The Balaban J connectivity index is 1.58. The van der Waals surface area contributed by atoms with Crippen LogP contribution in [0, 0.1) is 19.8 Å². The summed E-state index contributed by atoms with van der Waals surface area (Å²) in [6.07, 6.45) is 2.96. The topological polar surface area (TPSA) is 84.9 Å². The number of carbonyl (C=O) groups excluding carboxylic acids is 2. The van der Waals surface area contributed by atoms with Gasteiger partial charge in [0, 0.05) is 31.4 Å². The molecule has 2 amide bonds. The number of amides is 2. The highest BCUT2D eigenvalue weighted by atomic mass is 16.6. The van der Waals surface area contributed by atoms with E-state index in [4.69, 9.17) is 9.47 Å². The van der Waals surface area contributed by atoms with Gasteiger partial charge in [0.1, 0.15) is 17.5 Å². The Morgan fingerprint density at radius 2 is 1.73 bits per heavy atom. The molecule has 0 spiro atoms. The number of nitrogens with zero attached hydrogens (tertiary/aromatic N) is 4. The number of piperidine rings is 2. The van der Waals surface area contributed by atoms with Gasteiger partial charge in [0.15, 0.2) is 0 Å². The second kappa shape index (κ2) is 9.18. The van der Waals surface area contributed by atoms with E-state index in [1.165, 1.54) is 0 Å². The van der Waals surface area contributed by atoms with Crippen molar-refractivity contribution in [1.82, 2.24) is 19.8 Å². The van der Waals surface area contributed by atoms with E-state index in [9.17, 15) is 9.59 Å². The maximum Gasteiger partial charge on any atom is 0.410 e. The summed E-state index contributed by atoms with van der Waals surface area (Å²) in [6, 6.07) is 1.83. The maximum atomic E-state index is 13.2. The Hall–Kier alpha value is -2.38. The molecule has 2 aliphatic rings. The van der Waals surface area contributed by atoms with Crippen LogP contribution >= 0.6 is 0 Å². The van der Waals surface area contributed by atoms with Crippen molar-refractivity contribution < 1.29 is 19.1 Å². The van der Waals surface area contributed by atoms with E-state index in [1.807, 2.05) is 45.6 Å². The standard InChI is InChI=1S/C22H34N4O4/c1-15-12-19(24-16(2)23-15)29-18-9-7-10-25(14-18)20(27)17-8-6-11-26(13-17)21(28)30-22(3,4)5/h12,17-18H,6-11,13-14H2,1-5H3. The van der Waals surface area contributed by atoms with Gasteiger partial charge < -0.3 is 19.3 Å². The Labute approximate surface area is 178 Å². The van der Waals surface area contributed by atoms with Crippen molar-refractivity contribution in [3.63, 3.8) is 0 Å². The highest BCUT2D eigenvalue weighted by Crippen LogP contribution is 2.24. The number of ether oxygens (including phenoxy) is 2. The molecule has 30 heavy (non-hydrogen) atoms. The van der Waals surface area contributed by atoms with Gasteiger partial charge in [-0.1, -0.05) is 0 Å². The van der Waals surface area contributed by atoms with Crippen LogP contribution in [-0.2, 0) is 9.53 Å². The quantitative estimate of drug-likeness (QED) is 0.750. The minimum absolute atomic E-state index is 0.0815. The fraction of sp³-hybridized carbons (Fsp3) is 0.727. The van der Waals surface area contributed by atoms with E-state index in [0.717, 1.165) is 37.9 Å². The molecule has 2 fully saturated rings. The zero-order valence-electron chi connectivity index (χ0n) is 18.8. The molecule has 166 valence electrons. The summed E-state index contributed by atoms with van der Waals surface area (Å²) in [7, 11) is 0. The molecular weight excluding hydrogens is 384 g/mol. The van der Waals surface area contributed by atoms with E-state index in [2.05, 4.69) is 9.97 Å². The molecule has 2 aliphatic heterocycles. The van der Waals surface area contributed by atoms with Crippen LogP contribution < -0.4 is 4.74 Å². The van der Waals surface area contributed by atoms with Gasteiger partial charge in [-0.25, -0.2) is 9.78 Å². The van der Waals surface area contributed by atoms with E-state index in [0.29, 0.717) is 31.3 Å². The molecule has 2 atom stereocenters. The molecule has 0 saturated carbocycles. The van der Waals surface area contributed by atoms with Crippen molar-refractivity contribution in [2.45, 2.75) is 72.0 Å². The Morgan fingerprint density at radius 3 is 2.43 bits per heavy atom. The first kappa shape index (κ1) is 22.3. The summed E-state index contributed by atoms with van der Waals surface area (Å²) in [5, 5.41) is 0. The lowest BCUT2D eigenvalue weighted by Crippen LogP contribution is -2.51. The van der Waals surface area contributed by atoms with Crippen molar-refractivity contribution in [2.75, 3.05) is 26.2 Å². The fourth-order valence-corrected chi connectivity index (χ4v) is 4.08. The molecule has 0 radical (unpaired) electrons. The first-order valence-corrected chi connectivity index (χ1v) is 10.9. The third-order valence-electron chi connectivity index (χ3n) is 5.34. The molecule has 0 aliphatic carbocycles. The number of hydrogen-bond acceptors (Lipinski definition) is 6. The highest BCUT2D eigenvalue weighted by molar-refractivity contribution is 5.80. The summed E-state index contributed by atoms with van der Waals surface area (Å²) in [5.74, 6) is 1.16. The van der Waals surface area contributed by atoms with Crippen LogP contribution in [0.25, 0.3) is 0 Å². The zero-order chi connectivity index (χ0) is 21.9. The van der Waals surface area contributed by atoms with Gasteiger partial charge in [-0.05, 0) is 60.3 Å². The molecule has 0 N–H and O–H groups in total. The normalized spacial score (nSPS) is 22.6. The molecule has 0 bridgehead atoms. The monoisotopic (exact) mass is 418 g/mol. The Morgan fingerprint density at radius 1 is 1.03 bits per heavy atom. The molecule has 8 heteroatoms. The van der Waals surface area contributed by atoms with Crippen LogP contribution in [0.4, 0.5) is 4.79 Å². The maximum absolute atomic E-state index is 13.2. The minimum Gasteiger partial charge on any atom is -0.472 e. The Bertz CT molecular complexity index is 757. The Kier molecular flexibility index (Phi) is 6.83. The molecule has 2 saturated heterocycles. The van der Waals surface area contributed by atoms with Crippen molar-refractivity contribution >= 4 is 12.0 Å². The van der Waals surface area contributed by atoms with Crippen LogP contribution in [0.5, 0.6) is 5.88 Å². The number of hydrogen-bond donors (Lipinski definition) is 0. The van der Waals surface area contributed by atoms with E-state index >= 15 is 0 Å². The fourth-order valence-electron chi connectivity index (χ4n) is 4.08. The molecule has 2 unspecified atom stereocenters. The lowest BCUT2D eigenvalue weighted by atomic mass is 9.95. The average Bonchev–Trinajstić information content (AvgIpc) is 2.65. The summed E-state index contributed by atoms with van der Waals surface area (Å²) < 4.78 is 11.6. The first-order chi connectivity index (χ1) is 14.1. The molecule has 8 nitrogen and oxygen atoms in total. The van der Waals surface area contributed by atoms with Gasteiger partial charge in [-0.3, -0.25) is 4.79 Å².